The van der Waals surface area contributed by atoms with E-state index in [0.29, 0.717) is 73.9 Å². The fraction of sp³-hybridized carbons (Fsp3) is 0.540. The molecule has 0 bridgehead atoms. The normalized spacial score (nSPS) is 21.8. The Morgan fingerprint density at radius 1 is 0.559 bits per heavy atom. The minimum atomic E-state index is -2.27. The van der Waals surface area contributed by atoms with E-state index in [4.69, 9.17) is 75.5 Å². The van der Waals surface area contributed by atoms with Crippen LogP contribution in [0.15, 0.2) is 97.6 Å². The number of ether oxygens (including phenoxy) is 15. The van der Waals surface area contributed by atoms with Crippen molar-refractivity contribution in [2.75, 3.05) is 71.0 Å². The van der Waals surface area contributed by atoms with Crippen LogP contribution in [0.25, 0.3) is 0 Å². The maximum Gasteiger partial charge on any atom is 0.411 e. The van der Waals surface area contributed by atoms with Gasteiger partial charge in [-0.25, -0.2) is 14.4 Å². The van der Waals surface area contributed by atoms with E-state index in [1.54, 1.807) is 62.6 Å². The third-order valence-electron chi connectivity index (χ3n) is 21.5. The zero-order valence-corrected chi connectivity index (χ0v) is 71.9. The molecule has 4 aromatic rings. The first kappa shape index (κ1) is 93.2. The van der Waals surface area contributed by atoms with Crippen LogP contribution in [0.2, 0.25) is 18.1 Å². The van der Waals surface area contributed by atoms with Crippen LogP contribution in [-0.2, 0) is 84.2 Å². The summed E-state index contributed by atoms with van der Waals surface area (Å²) in [5, 5.41) is 5.45. The van der Waals surface area contributed by atoms with E-state index in [1.807, 2.05) is 6.92 Å². The highest BCUT2D eigenvalue weighted by molar-refractivity contribution is 6.74. The second-order valence-corrected chi connectivity index (χ2v) is 36.5. The molecule has 0 aliphatic carbocycles. The van der Waals surface area contributed by atoms with Crippen LogP contribution in [0, 0.1) is 18.8 Å². The summed E-state index contributed by atoms with van der Waals surface area (Å²) in [5.41, 5.74) is 3.33. The Morgan fingerprint density at radius 2 is 1.03 bits per heavy atom. The van der Waals surface area contributed by atoms with Gasteiger partial charge in [0.05, 0.1) is 73.2 Å². The molecule has 0 unspecified atom stereocenters. The summed E-state index contributed by atoms with van der Waals surface area (Å²) >= 11 is 0. The quantitative estimate of drug-likeness (QED) is 0.0106. The number of anilines is 2. The van der Waals surface area contributed by atoms with Crippen LogP contribution in [0.5, 0.6) is 28.7 Å². The van der Waals surface area contributed by atoms with Gasteiger partial charge in [-0.15, -0.1) is 0 Å². The van der Waals surface area contributed by atoms with Gasteiger partial charge in [0.2, 0.25) is 24.8 Å². The number of hydrogen-bond donors (Lipinski definition) is 2. The van der Waals surface area contributed by atoms with E-state index in [-0.39, 0.29) is 132 Å². The maximum absolute atomic E-state index is 15.0. The lowest BCUT2D eigenvalue weighted by atomic mass is 9.91. The second-order valence-electron chi connectivity index (χ2n) is 31.7. The Kier molecular flexibility index (Phi) is 33.4. The third-order valence-corrected chi connectivity index (χ3v) is 26.0. The first-order chi connectivity index (χ1) is 55.8. The van der Waals surface area contributed by atoms with E-state index in [2.05, 4.69) is 64.2 Å². The molecule has 0 aromatic heterocycles. The minimum absolute atomic E-state index is 0.0415. The SMILES string of the molecule is C=CCOC(=O)c1cc(COC(=O)Nc2cc(OCCCCCOc3cc(NC(=O)OCc4ccc(O[C@@H]5O[C@H](C)[C@@H](C)[C@H](OC(C)=O)[C@H]5OC(C)=O)c(C(=O)CCCOC)c4)c(C(=O)N4CC(=C)C[C@H]4CC)cc3OC)c(C)cc2C(=O)N2CC(=C)C[C@H]2CO[Si](C)(C)C(C)(C)C)ccc1O[C@@H]1O[C@H](C)[C@@H](C)[C@H](OC(C)=O)[C@H]1OC(C)=O. The predicted molar refractivity (Wildman–Crippen MR) is 437 cm³/mol. The van der Waals surface area contributed by atoms with E-state index >= 15 is 4.79 Å². The summed E-state index contributed by atoms with van der Waals surface area (Å²) in [7, 11) is 0.679. The summed E-state index contributed by atoms with van der Waals surface area (Å²) in [4.78, 5) is 138. The number of esters is 5. The number of ketones is 1. The van der Waals surface area contributed by atoms with E-state index in [9.17, 15) is 43.2 Å². The number of rotatable bonds is 37. The van der Waals surface area contributed by atoms with Crippen LogP contribution >= 0.6 is 0 Å². The highest BCUT2D eigenvalue weighted by atomic mass is 28.4. The number of carbonyl (C=O) groups excluding carboxylic acids is 10. The van der Waals surface area contributed by atoms with Gasteiger partial charge in [0.15, 0.2) is 25.6 Å². The molecule has 0 radical (unpaired) electrons. The molecule has 4 amide bonds. The summed E-state index contributed by atoms with van der Waals surface area (Å²) < 4.78 is 95.0. The van der Waals surface area contributed by atoms with Gasteiger partial charge in [-0.05, 0) is 137 Å². The van der Waals surface area contributed by atoms with Crippen LogP contribution in [-0.4, -0.2) is 199 Å². The lowest BCUT2D eigenvalue weighted by molar-refractivity contribution is -0.263. The average Bonchev–Trinajstić information content (AvgIpc) is 1.11. The lowest BCUT2D eigenvalue weighted by Gasteiger charge is -2.43. The number of Topliss-reactive ketones (excluding diaryl/α,β-unsaturated/α-hetero) is 1. The average molecular weight is 1660 g/mol. The van der Waals surface area contributed by atoms with E-state index in [0.717, 1.165) is 11.1 Å². The molecule has 2 N–H and O–H groups in total. The molecule has 4 aromatic carbocycles. The Balaban J connectivity index is 0.982. The predicted octanol–water partition coefficient (Wildman–Crippen LogP) is 14.3. The Labute approximate surface area is 691 Å². The topological polar surface area (TPSA) is 349 Å². The first-order valence-electron chi connectivity index (χ1n) is 39.8. The monoisotopic (exact) mass is 1660 g/mol. The highest BCUT2D eigenvalue weighted by Gasteiger charge is 2.50. The Hall–Kier alpha value is -10.3. The molecule has 4 fully saturated rings. The van der Waals surface area contributed by atoms with E-state index in [1.165, 1.54) is 90.5 Å². The Bertz CT molecular complexity index is 4330. The molecule has 0 saturated carbocycles. The number of nitrogens with one attached hydrogen (secondary N) is 2. The number of methoxy groups -OCH3 is 2. The standard InChI is InChI=1S/C87H116N4O26Si/c1-21-32-106-82(99)67-40-61(29-31-72(67)117-84-79(115-59(13)95)77(113-57(11)93)53(7)55(9)111-84)47-108-85(100)88-68-42-73(51(5)38-64(68)80(97)91-45-50(4)37-63(91)48-109-118(19,20)87(14,15)16)104-34-24-23-25-35-105-75-43-69(65(41-74(75)103-18)81(98)90-44-49(3)36-62(90)22-2)89-86(101)107-46-60-28-30-71(66(39-60)70(96)27-26-33-102-17)116-83-78(114-58(12)94)76(112-56(10)92)52(6)54(8)110-83/h21,28-31,38-43,52-55,62-63,76-79,83-84H,1,3-4,22-27,32-37,44-48H2,2,5-20H3,(H,88,100)(H,89,101)/t52-,53-,54-,55-,62-,63+,76+,77+,78-,79-,83+,84+/m1/s1. The molecule has 4 heterocycles. The van der Waals surface area contributed by atoms with Crippen molar-refractivity contribution in [3.63, 3.8) is 0 Å². The molecule has 4 saturated heterocycles. The summed E-state index contributed by atoms with van der Waals surface area (Å²) in [6.07, 6.45) is -4.99. The van der Waals surface area contributed by atoms with Crippen LogP contribution in [0.4, 0.5) is 21.0 Å². The van der Waals surface area contributed by atoms with Gasteiger partial charge < -0.3 is 85.3 Å². The number of aryl methyl sites for hydroxylation is 1. The van der Waals surface area contributed by atoms with Crippen molar-refractivity contribution in [2.45, 2.75) is 234 Å². The molecule has 30 nitrogen and oxygen atoms in total. The number of hydrogen-bond acceptors (Lipinski definition) is 26. The van der Waals surface area contributed by atoms with Crippen molar-refractivity contribution in [1.82, 2.24) is 9.80 Å². The summed E-state index contributed by atoms with van der Waals surface area (Å²) in [6, 6.07) is 14.6. The van der Waals surface area contributed by atoms with Crippen molar-refractivity contribution in [3.05, 3.63) is 137 Å². The largest absolute Gasteiger partial charge is 0.493 e. The number of likely N-dealkylation sites (tertiary alicyclic amines) is 2. The highest BCUT2D eigenvalue weighted by Crippen LogP contribution is 2.42. The summed E-state index contributed by atoms with van der Waals surface area (Å²) in [6.45, 7) is 38.9. The number of unbranched alkanes of at least 4 members (excludes halogenated alkanes) is 2. The number of nitrogens with zero attached hydrogens (tertiary/aromatic N) is 2. The third kappa shape index (κ3) is 24.9. The van der Waals surface area contributed by atoms with Crippen molar-refractivity contribution >= 4 is 79.3 Å². The van der Waals surface area contributed by atoms with Crippen molar-refractivity contribution in [2.24, 2.45) is 11.8 Å². The zero-order chi connectivity index (χ0) is 86.6. The van der Waals surface area contributed by atoms with Gasteiger partial charge >= 0.3 is 42.0 Å². The molecule has 8 rings (SSSR count). The van der Waals surface area contributed by atoms with Gasteiger partial charge in [-0.2, -0.15) is 0 Å². The van der Waals surface area contributed by atoms with Crippen LogP contribution < -0.4 is 34.3 Å². The smallest absolute Gasteiger partial charge is 0.411 e. The van der Waals surface area contributed by atoms with Crippen LogP contribution in [0.1, 0.15) is 193 Å². The molecule has 12 atom stereocenters. The van der Waals surface area contributed by atoms with Crippen molar-refractivity contribution in [1.29, 1.82) is 0 Å². The maximum atomic E-state index is 15.0. The first-order valence-corrected chi connectivity index (χ1v) is 42.7. The molecule has 0 spiro atoms. The number of amides is 4. The minimum Gasteiger partial charge on any atom is -0.493 e. The van der Waals surface area contributed by atoms with Gasteiger partial charge in [-0.3, -0.25) is 44.2 Å². The molecule has 4 aliphatic rings. The van der Waals surface area contributed by atoms with Gasteiger partial charge in [-0.1, -0.05) is 90.6 Å². The molecule has 644 valence electrons. The second kappa shape index (κ2) is 42.4. The zero-order valence-electron chi connectivity index (χ0n) is 70.9. The van der Waals surface area contributed by atoms with Gasteiger partial charge in [0.1, 0.15) is 54.8 Å². The Morgan fingerprint density at radius 3 is 1.51 bits per heavy atom. The molecule has 118 heavy (non-hydrogen) atoms. The molecule has 31 heteroatoms. The number of carbonyl (C=O) groups is 10. The van der Waals surface area contributed by atoms with E-state index < -0.39 is 130 Å². The van der Waals surface area contributed by atoms with Crippen LogP contribution in [0.3, 0.4) is 0 Å². The van der Waals surface area contributed by atoms with Gasteiger partial charge in [0, 0.05) is 90.9 Å². The van der Waals surface area contributed by atoms with Gasteiger partial charge in [0.25, 0.3) is 11.8 Å². The fourth-order valence-electron chi connectivity index (χ4n) is 13.9. The molecular weight excluding hydrogens is 1550 g/mol. The molecular formula is C87H116N4O26Si. The number of benzene rings is 4. The summed E-state index contributed by atoms with van der Waals surface area (Å²) in [5.74, 6) is -4.67. The molecule has 4 aliphatic heterocycles. The van der Waals surface area contributed by atoms with Crippen molar-refractivity contribution in [3.8, 4) is 28.7 Å². The fourth-order valence-corrected chi connectivity index (χ4v) is 14.9. The lowest BCUT2D eigenvalue weighted by Crippen LogP contribution is -2.57. The van der Waals surface area contributed by atoms with Crippen molar-refractivity contribution < 1.29 is 123 Å².